The number of carbonyl (C=O) groups is 1. The maximum absolute atomic E-state index is 10.9. The summed E-state index contributed by atoms with van der Waals surface area (Å²) in [6.07, 6.45) is 5.76. The number of aromatic carboxylic acids is 1. The summed E-state index contributed by atoms with van der Waals surface area (Å²) in [5, 5.41) is 11.1. The summed E-state index contributed by atoms with van der Waals surface area (Å²) in [7, 11) is 0. The summed E-state index contributed by atoms with van der Waals surface area (Å²) in [5.41, 5.74) is 3.28. The highest BCUT2D eigenvalue weighted by Crippen LogP contribution is 2.33. The van der Waals surface area contributed by atoms with Gasteiger partial charge in [0.25, 0.3) is 0 Å². The van der Waals surface area contributed by atoms with Crippen LogP contribution in [0.15, 0.2) is 83.5 Å². The summed E-state index contributed by atoms with van der Waals surface area (Å²) in [6.45, 7) is 0. The second-order valence-electron chi connectivity index (χ2n) is 6.00. The van der Waals surface area contributed by atoms with E-state index in [2.05, 4.69) is 6.07 Å². The van der Waals surface area contributed by atoms with Crippen molar-refractivity contribution in [2.24, 2.45) is 0 Å². The Morgan fingerprint density at radius 1 is 0.846 bits per heavy atom. The molecule has 0 atom stereocenters. The molecule has 126 valence electrons. The van der Waals surface area contributed by atoms with E-state index in [0.717, 1.165) is 33.2 Å². The highest BCUT2D eigenvalue weighted by atomic mass is 16.4. The zero-order valence-electron chi connectivity index (χ0n) is 13.9. The van der Waals surface area contributed by atoms with E-state index in [0.29, 0.717) is 0 Å². The van der Waals surface area contributed by atoms with Gasteiger partial charge >= 0.3 is 5.97 Å². The fourth-order valence-corrected chi connectivity index (χ4v) is 2.97. The minimum atomic E-state index is -0.921. The third-order valence-electron chi connectivity index (χ3n) is 4.33. The van der Waals surface area contributed by atoms with Crippen molar-refractivity contribution in [2.45, 2.75) is 0 Å². The van der Waals surface area contributed by atoms with E-state index in [9.17, 15) is 4.79 Å². The predicted molar refractivity (Wildman–Crippen MR) is 104 cm³/mol. The largest absolute Gasteiger partial charge is 0.478 e. The van der Waals surface area contributed by atoms with Crippen molar-refractivity contribution in [1.82, 2.24) is 0 Å². The number of fused-ring (bicyclic) bond motifs is 1. The predicted octanol–water partition coefficient (Wildman–Crippen LogP) is 5.97. The molecule has 0 bridgehead atoms. The number of benzene rings is 3. The van der Waals surface area contributed by atoms with Crippen LogP contribution in [0.4, 0.5) is 0 Å². The zero-order chi connectivity index (χ0) is 17.9. The molecule has 26 heavy (non-hydrogen) atoms. The molecule has 3 aromatic carbocycles. The molecule has 0 unspecified atom stereocenters. The number of furan rings is 1. The topological polar surface area (TPSA) is 50.4 Å². The first kappa shape index (κ1) is 15.9. The van der Waals surface area contributed by atoms with Gasteiger partial charge in [0.05, 0.1) is 11.8 Å². The molecule has 0 saturated carbocycles. The van der Waals surface area contributed by atoms with Crippen LogP contribution < -0.4 is 0 Å². The van der Waals surface area contributed by atoms with Crippen molar-refractivity contribution in [3.05, 3.63) is 95.7 Å². The zero-order valence-corrected chi connectivity index (χ0v) is 13.9. The molecule has 0 fully saturated rings. The molecule has 4 rings (SSSR count). The van der Waals surface area contributed by atoms with Gasteiger partial charge in [0.1, 0.15) is 5.76 Å². The van der Waals surface area contributed by atoms with E-state index in [1.807, 2.05) is 54.6 Å². The van der Waals surface area contributed by atoms with Gasteiger partial charge in [-0.1, -0.05) is 72.8 Å². The normalized spacial score (nSPS) is 11.2. The molecule has 0 aliphatic carbocycles. The van der Waals surface area contributed by atoms with Crippen LogP contribution >= 0.6 is 0 Å². The first-order valence-corrected chi connectivity index (χ1v) is 8.29. The average Bonchev–Trinajstić information content (AvgIpc) is 3.11. The van der Waals surface area contributed by atoms with Crippen molar-refractivity contribution in [3.63, 3.8) is 0 Å². The maximum Gasteiger partial charge on any atom is 0.335 e. The highest BCUT2D eigenvalue weighted by Gasteiger charge is 2.10. The summed E-state index contributed by atoms with van der Waals surface area (Å²) >= 11 is 0. The molecule has 1 heterocycles. The Morgan fingerprint density at radius 2 is 1.58 bits per heavy atom. The van der Waals surface area contributed by atoms with Crippen molar-refractivity contribution in [2.75, 3.05) is 0 Å². The van der Waals surface area contributed by atoms with Crippen LogP contribution in [0.25, 0.3) is 34.2 Å². The van der Waals surface area contributed by atoms with E-state index in [1.54, 1.807) is 30.5 Å². The van der Waals surface area contributed by atoms with Crippen LogP contribution in [0.3, 0.4) is 0 Å². The Kier molecular flexibility index (Phi) is 4.12. The Morgan fingerprint density at radius 3 is 2.38 bits per heavy atom. The van der Waals surface area contributed by atoms with Crippen LogP contribution in [-0.4, -0.2) is 11.1 Å². The number of hydrogen-bond acceptors (Lipinski definition) is 2. The number of rotatable bonds is 4. The smallest absolute Gasteiger partial charge is 0.335 e. The molecule has 0 amide bonds. The van der Waals surface area contributed by atoms with Crippen LogP contribution in [0.2, 0.25) is 0 Å². The Balaban J connectivity index is 1.71. The lowest BCUT2D eigenvalue weighted by Gasteiger charge is -2.04. The van der Waals surface area contributed by atoms with Crippen LogP contribution in [-0.2, 0) is 0 Å². The van der Waals surface area contributed by atoms with E-state index in [-0.39, 0.29) is 5.56 Å². The van der Waals surface area contributed by atoms with Crippen LogP contribution in [0.5, 0.6) is 0 Å². The number of hydrogen-bond donors (Lipinski definition) is 1. The molecule has 0 aliphatic heterocycles. The van der Waals surface area contributed by atoms with Gasteiger partial charge in [-0.3, -0.25) is 0 Å². The van der Waals surface area contributed by atoms with Gasteiger partial charge in [-0.15, -0.1) is 0 Å². The third kappa shape index (κ3) is 3.03. The van der Waals surface area contributed by atoms with Gasteiger partial charge in [-0.2, -0.15) is 0 Å². The van der Waals surface area contributed by atoms with Crippen LogP contribution in [0, 0.1) is 0 Å². The van der Waals surface area contributed by atoms with Crippen molar-refractivity contribution >= 4 is 28.9 Å². The average molecular weight is 340 g/mol. The summed E-state index contributed by atoms with van der Waals surface area (Å²) < 4.78 is 5.84. The lowest BCUT2D eigenvalue weighted by Crippen LogP contribution is -1.94. The van der Waals surface area contributed by atoms with Gasteiger partial charge in [0.15, 0.2) is 0 Å². The maximum atomic E-state index is 10.9. The quantitative estimate of drug-likeness (QED) is 0.466. The van der Waals surface area contributed by atoms with E-state index >= 15 is 0 Å². The molecule has 3 nitrogen and oxygen atoms in total. The van der Waals surface area contributed by atoms with Crippen molar-refractivity contribution in [3.8, 4) is 11.3 Å². The third-order valence-corrected chi connectivity index (χ3v) is 4.33. The minimum Gasteiger partial charge on any atom is -0.478 e. The molecular formula is C23H16O3. The SMILES string of the molecule is O=C(O)c1ccc(C=Cc2ccccc2-c2occ3ccccc23)cc1. The summed E-state index contributed by atoms with van der Waals surface area (Å²) in [5.74, 6) is -0.0716. The van der Waals surface area contributed by atoms with E-state index in [1.165, 1.54) is 0 Å². The lowest BCUT2D eigenvalue weighted by molar-refractivity contribution is 0.0697. The van der Waals surface area contributed by atoms with Gasteiger partial charge in [-0.05, 0) is 23.3 Å². The Bertz CT molecular complexity index is 1100. The van der Waals surface area contributed by atoms with E-state index < -0.39 is 5.97 Å². The monoisotopic (exact) mass is 340 g/mol. The molecule has 1 aromatic heterocycles. The van der Waals surface area contributed by atoms with Gasteiger partial charge in [0, 0.05) is 16.3 Å². The summed E-state index contributed by atoms with van der Waals surface area (Å²) in [6, 6.07) is 22.9. The molecule has 0 spiro atoms. The number of carboxylic acids is 1. The van der Waals surface area contributed by atoms with Gasteiger partial charge in [-0.25, -0.2) is 4.79 Å². The van der Waals surface area contributed by atoms with Gasteiger partial charge in [0.2, 0.25) is 0 Å². The van der Waals surface area contributed by atoms with Crippen molar-refractivity contribution in [1.29, 1.82) is 0 Å². The van der Waals surface area contributed by atoms with Crippen molar-refractivity contribution < 1.29 is 14.3 Å². The first-order valence-electron chi connectivity index (χ1n) is 8.29. The fourth-order valence-electron chi connectivity index (χ4n) is 2.97. The minimum absolute atomic E-state index is 0.282. The molecule has 3 heteroatoms. The molecule has 1 N–H and O–H groups in total. The van der Waals surface area contributed by atoms with Crippen LogP contribution in [0.1, 0.15) is 21.5 Å². The molecule has 4 aromatic rings. The molecular weight excluding hydrogens is 324 g/mol. The lowest BCUT2D eigenvalue weighted by atomic mass is 10.0. The standard InChI is InChI=1S/C23H16O3/c24-23(25)18-13-10-16(11-14-18)9-12-17-5-1-3-7-20(17)22-21-8-4-2-6-19(21)15-26-22/h1-15H,(H,24,25). The summed E-state index contributed by atoms with van der Waals surface area (Å²) in [4.78, 5) is 10.9. The second kappa shape index (κ2) is 6.73. The second-order valence-corrected chi connectivity index (χ2v) is 6.00. The molecule has 0 saturated heterocycles. The Hall–Kier alpha value is -3.59. The van der Waals surface area contributed by atoms with Gasteiger partial charge < -0.3 is 9.52 Å². The number of carboxylic acid groups (broad SMARTS) is 1. The first-order chi connectivity index (χ1) is 12.7. The molecule has 0 aliphatic rings. The van der Waals surface area contributed by atoms with E-state index in [4.69, 9.17) is 9.52 Å². The fraction of sp³-hybridized carbons (Fsp3) is 0. The highest BCUT2D eigenvalue weighted by molar-refractivity contribution is 5.96. The molecule has 0 radical (unpaired) electrons. The Labute approximate surface area is 150 Å².